The monoisotopic (exact) mass is 384 g/mol. The largest absolute Gasteiger partial charge is 0.460 e. The van der Waals surface area contributed by atoms with Crippen LogP contribution in [0.2, 0.25) is 0 Å². The van der Waals surface area contributed by atoms with Crippen LogP contribution in [-0.4, -0.2) is 56.3 Å². The van der Waals surface area contributed by atoms with Crippen molar-refractivity contribution in [3.63, 3.8) is 0 Å². The van der Waals surface area contributed by atoms with E-state index >= 15 is 0 Å². The Kier molecular flexibility index (Phi) is 5.17. The van der Waals surface area contributed by atoms with Gasteiger partial charge in [0.2, 0.25) is 0 Å². The molecule has 1 heterocycles. The van der Waals surface area contributed by atoms with Gasteiger partial charge in [0.05, 0.1) is 19.8 Å². The highest BCUT2D eigenvalue weighted by Gasteiger charge is 2.87. The van der Waals surface area contributed by atoms with Crippen LogP contribution in [0.15, 0.2) is 0 Å². The van der Waals surface area contributed by atoms with Crippen LogP contribution in [0.5, 0.6) is 0 Å². The summed E-state index contributed by atoms with van der Waals surface area (Å²) in [6.45, 7) is -1.77. The van der Waals surface area contributed by atoms with Crippen molar-refractivity contribution in [2.24, 2.45) is 5.41 Å². The molecule has 1 aliphatic rings. The Labute approximate surface area is 127 Å². The van der Waals surface area contributed by atoms with Crippen molar-refractivity contribution >= 4 is 0 Å². The highest BCUT2D eigenvalue weighted by atomic mass is 19.4. The van der Waals surface area contributed by atoms with E-state index in [2.05, 4.69) is 9.47 Å². The van der Waals surface area contributed by atoms with Gasteiger partial charge in [0.25, 0.3) is 0 Å². The standard InChI is InChI=1S/C11H11F11O2/c1-6(2-23-3-6)4-24-5-7(12,13)8(14,15)9(16,17)10(18,19)11(20,21)22/h2-5H2,1H3. The molecule has 1 aliphatic heterocycles. The Morgan fingerprint density at radius 2 is 1.25 bits per heavy atom. The van der Waals surface area contributed by atoms with Gasteiger partial charge in [-0.05, 0) is 0 Å². The summed E-state index contributed by atoms with van der Waals surface area (Å²) in [5.41, 5.74) is -0.871. The molecule has 0 bridgehead atoms. The van der Waals surface area contributed by atoms with Gasteiger partial charge in [0.1, 0.15) is 6.61 Å². The smallest absolute Gasteiger partial charge is 0.380 e. The van der Waals surface area contributed by atoms with Gasteiger partial charge in [0.15, 0.2) is 0 Å². The summed E-state index contributed by atoms with van der Waals surface area (Å²) in [4.78, 5) is 0. The predicted octanol–water partition coefficient (Wildman–Crippen LogP) is 4.14. The molecule has 0 aromatic heterocycles. The van der Waals surface area contributed by atoms with Crippen LogP contribution in [0.1, 0.15) is 6.92 Å². The maximum Gasteiger partial charge on any atom is 0.460 e. The van der Waals surface area contributed by atoms with Gasteiger partial charge in [0, 0.05) is 5.41 Å². The fraction of sp³-hybridized carbons (Fsp3) is 1.00. The van der Waals surface area contributed by atoms with Gasteiger partial charge in [-0.15, -0.1) is 0 Å². The van der Waals surface area contributed by atoms with Crippen molar-refractivity contribution in [2.45, 2.75) is 36.8 Å². The third kappa shape index (κ3) is 3.28. The third-order valence-corrected chi connectivity index (χ3v) is 3.24. The topological polar surface area (TPSA) is 18.5 Å². The number of hydrogen-bond donors (Lipinski definition) is 0. The van der Waals surface area contributed by atoms with E-state index in [1.807, 2.05) is 0 Å². The molecule has 0 atom stereocenters. The Hall–Kier alpha value is -0.850. The molecule has 13 heteroatoms. The van der Waals surface area contributed by atoms with Gasteiger partial charge >= 0.3 is 29.9 Å². The summed E-state index contributed by atoms with van der Waals surface area (Å²) in [6.07, 6.45) is -7.16. The minimum Gasteiger partial charge on any atom is -0.380 e. The lowest BCUT2D eigenvalue weighted by Gasteiger charge is -2.39. The third-order valence-electron chi connectivity index (χ3n) is 3.24. The molecule has 0 aromatic carbocycles. The van der Waals surface area contributed by atoms with E-state index < -0.39 is 48.5 Å². The highest BCUT2D eigenvalue weighted by Crippen LogP contribution is 2.57. The maximum atomic E-state index is 13.2. The van der Waals surface area contributed by atoms with Gasteiger partial charge < -0.3 is 9.47 Å². The van der Waals surface area contributed by atoms with Crippen LogP contribution >= 0.6 is 0 Å². The fourth-order valence-electron chi connectivity index (χ4n) is 1.65. The van der Waals surface area contributed by atoms with E-state index in [0.29, 0.717) is 0 Å². The first-order valence-electron chi connectivity index (χ1n) is 6.15. The second kappa shape index (κ2) is 5.85. The van der Waals surface area contributed by atoms with E-state index in [0.717, 1.165) is 0 Å². The minimum atomic E-state index is -7.39. The molecule has 0 aliphatic carbocycles. The predicted molar refractivity (Wildman–Crippen MR) is 55.6 cm³/mol. The molecule has 1 fully saturated rings. The normalized spacial score (nSPS) is 20.0. The molecular weight excluding hydrogens is 373 g/mol. The number of halogens is 11. The van der Waals surface area contributed by atoms with E-state index in [4.69, 9.17) is 0 Å². The molecule has 0 radical (unpaired) electrons. The van der Waals surface area contributed by atoms with E-state index in [1.54, 1.807) is 0 Å². The van der Waals surface area contributed by atoms with E-state index in [9.17, 15) is 48.3 Å². The molecule has 0 unspecified atom stereocenters. The fourth-order valence-corrected chi connectivity index (χ4v) is 1.65. The second-order valence-corrected chi connectivity index (χ2v) is 5.72. The van der Waals surface area contributed by atoms with Gasteiger partial charge in [-0.2, -0.15) is 48.3 Å². The zero-order chi connectivity index (χ0) is 19.2. The first kappa shape index (κ1) is 21.2. The number of hydrogen-bond acceptors (Lipinski definition) is 2. The Balaban J connectivity index is 2.93. The van der Waals surface area contributed by atoms with Crippen LogP contribution in [0.25, 0.3) is 0 Å². The maximum absolute atomic E-state index is 13.2. The van der Waals surface area contributed by atoms with Crippen molar-refractivity contribution < 1.29 is 57.8 Å². The Morgan fingerprint density at radius 1 is 0.792 bits per heavy atom. The van der Waals surface area contributed by atoms with Crippen LogP contribution in [0.3, 0.4) is 0 Å². The highest BCUT2D eigenvalue weighted by molar-refractivity contribution is 5.06. The number of rotatable bonds is 7. The molecule has 0 saturated carbocycles. The van der Waals surface area contributed by atoms with Gasteiger partial charge in [-0.1, -0.05) is 6.92 Å². The lowest BCUT2D eigenvalue weighted by Crippen LogP contribution is -2.67. The Morgan fingerprint density at radius 3 is 1.58 bits per heavy atom. The summed E-state index contributed by atoms with van der Waals surface area (Å²) >= 11 is 0. The summed E-state index contributed by atoms with van der Waals surface area (Å²) in [5.74, 6) is -27.8. The van der Waals surface area contributed by atoms with Crippen molar-refractivity contribution in [1.29, 1.82) is 0 Å². The molecular formula is C11H11F11O2. The summed E-state index contributed by atoms with van der Waals surface area (Å²) in [6, 6.07) is 0. The molecule has 0 N–H and O–H groups in total. The Bertz CT molecular complexity index is 453. The molecule has 2 nitrogen and oxygen atoms in total. The first-order chi connectivity index (χ1) is 10.4. The SMILES string of the molecule is CC1(COCC(F)(F)C(F)(F)C(F)(F)C(F)(F)C(F)(F)F)COC1. The van der Waals surface area contributed by atoms with Crippen molar-refractivity contribution in [3.8, 4) is 0 Å². The molecule has 24 heavy (non-hydrogen) atoms. The molecule has 1 saturated heterocycles. The molecule has 0 spiro atoms. The quantitative estimate of drug-likeness (QED) is 0.615. The molecule has 0 amide bonds. The van der Waals surface area contributed by atoms with E-state index in [-0.39, 0.29) is 13.2 Å². The zero-order valence-electron chi connectivity index (χ0n) is 11.8. The average molecular weight is 384 g/mol. The second-order valence-electron chi connectivity index (χ2n) is 5.72. The average Bonchev–Trinajstić information content (AvgIpc) is 2.34. The lowest BCUT2D eigenvalue weighted by atomic mass is 9.90. The van der Waals surface area contributed by atoms with Gasteiger partial charge in [-0.25, -0.2) is 0 Å². The molecule has 144 valence electrons. The van der Waals surface area contributed by atoms with Crippen LogP contribution in [0.4, 0.5) is 48.3 Å². The zero-order valence-corrected chi connectivity index (χ0v) is 11.8. The molecule has 1 rings (SSSR count). The van der Waals surface area contributed by atoms with Crippen molar-refractivity contribution in [3.05, 3.63) is 0 Å². The number of ether oxygens (including phenoxy) is 2. The number of alkyl halides is 11. The van der Waals surface area contributed by atoms with Crippen molar-refractivity contribution in [2.75, 3.05) is 26.4 Å². The van der Waals surface area contributed by atoms with Crippen LogP contribution in [-0.2, 0) is 9.47 Å². The molecule has 0 aromatic rings. The summed E-state index contributed by atoms with van der Waals surface area (Å²) < 4.78 is 148. The van der Waals surface area contributed by atoms with E-state index in [1.165, 1.54) is 6.92 Å². The first-order valence-corrected chi connectivity index (χ1v) is 6.15. The van der Waals surface area contributed by atoms with Crippen LogP contribution in [0, 0.1) is 5.41 Å². The lowest BCUT2D eigenvalue weighted by molar-refractivity contribution is -0.424. The van der Waals surface area contributed by atoms with Crippen molar-refractivity contribution in [1.82, 2.24) is 0 Å². The summed E-state index contributed by atoms with van der Waals surface area (Å²) in [5, 5.41) is 0. The van der Waals surface area contributed by atoms with Gasteiger partial charge in [-0.3, -0.25) is 0 Å². The minimum absolute atomic E-state index is 0.0166. The summed E-state index contributed by atoms with van der Waals surface area (Å²) in [7, 11) is 0. The van der Waals surface area contributed by atoms with Crippen LogP contribution < -0.4 is 0 Å².